The van der Waals surface area contributed by atoms with E-state index in [1.165, 1.54) is 0 Å². The lowest BCUT2D eigenvalue weighted by molar-refractivity contribution is 1.04. The van der Waals surface area contributed by atoms with Crippen molar-refractivity contribution in [3.63, 3.8) is 0 Å². The highest BCUT2D eigenvalue weighted by atomic mass is 79.9. The smallest absolute Gasteiger partial charge is 0.184 e. The summed E-state index contributed by atoms with van der Waals surface area (Å²) in [6.45, 7) is 0. The van der Waals surface area contributed by atoms with Crippen LogP contribution in [0.3, 0.4) is 0 Å². The minimum absolute atomic E-state index is 0.138. The predicted octanol–water partition coefficient (Wildman–Crippen LogP) is 1.01. The second-order valence-electron chi connectivity index (χ2n) is 2.17. The van der Waals surface area contributed by atoms with Gasteiger partial charge in [-0.2, -0.15) is 5.10 Å². The second-order valence-corrected chi connectivity index (χ2v) is 3.53. The van der Waals surface area contributed by atoms with Crippen LogP contribution in [0.15, 0.2) is 28.0 Å². The number of hydrazone groups is 1. The van der Waals surface area contributed by atoms with Gasteiger partial charge in [0.15, 0.2) is 5.11 Å². The van der Waals surface area contributed by atoms with Gasteiger partial charge >= 0.3 is 0 Å². The summed E-state index contributed by atoms with van der Waals surface area (Å²) in [7, 11) is 0. The highest BCUT2D eigenvalue weighted by Gasteiger charge is 1.89. The van der Waals surface area contributed by atoms with E-state index in [4.69, 9.17) is 5.73 Å². The molecule has 4 nitrogen and oxygen atoms in total. The van der Waals surface area contributed by atoms with Crippen molar-refractivity contribution in [2.24, 2.45) is 10.8 Å². The normalized spacial score (nSPS) is 10.2. The van der Waals surface area contributed by atoms with E-state index in [1.54, 1.807) is 18.6 Å². The Morgan fingerprint density at radius 3 is 3.08 bits per heavy atom. The summed E-state index contributed by atoms with van der Waals surface area (Å²) in [5.41, 5.74) is 8.48. The predicted molar refractivity (Wildman–Crippen MR) is 59.5 cm³/mol. The zero-order valence-electron chi connectivity index (χ0n) is 6.57. The number of aromatic nitrogens is 1. The summed E-state index contributed by atoms with van der Waals surface area (Å²) >= 11 is 7.85. The van der Waals surface area contributed by atoms with Crippen LogP contribution in [-0.2, 0) is 0 Å². The Kier molecular flexibility index (Phi) is 3.78. The zero-order chi connectivity index (χ0) is 9.68. The average Bonchev–Trinajstić information content (AvgIpc) is 2.03. The van der Waals surface area contributed by atoms with Crippen LogP contribution in [0.25, 0.3) is 0 Å². The van der Waals surface area contributed by atoms with Gasteiger partial charge < -0.3 is 5.73 Å². The van der Waals surface area contributed by atoms with Crippen molar-refractivity contribution in [2.45, 2.75) is 0 Å². The van der Waals surface area contributed by atoms with Crippen LogP contribution < -0.4 is 11.2 Å². The van der Waals surface area contributed by atoms with E-state index in [2.05, 4.69) is 43.7 Å². The fourth-order valence-corrected chi connectivity index (χ4v) is 1.10. The molecule has 68 valence electrons. The molecular weight excluding hydrogens is 252 g/mol. The van der Waals surface area contributed by atoms with Crippen LogP contribution >= 0.6 is 28.1 Å². The quantitative estimate of drug-likeness (QED) is 0.472. The molecule has 0 saturated carbocycles. The lowest BCUT2D eigenvalue weighted by Crippen LogP contribution is -2.23. The number of halogens is 1. The number of thiocarbonyl (C=S) groups is 1. The molecule has 0 spiro atoms. The topological polar surface area (TPSA) is 63.3 Å². The molecule has 1 heterocycles. The third-order valence-electron chi connectivity index (χ3n) is 1.11. The molecule has 0 unspecified atom stereocenters. The molecule has 0 aliphatic rings. The minimum atomic E-state index is 0.138. The SMILES string of the molecule is NC(=S)N/N=C/c1cncc(Br)c1. The van der Waals surface area contributed by atoms with E-state index in [9.17, 15) is 0 Å². The highest BCUT2D eigenvalue weighted by molar-refractivity contribution is 9.10. The summed E-state index contributed by atoms with van der Waals surface area (Å²) < 4.78 is 0.895. The van der Waals surface area contributed by atoms with Gasteiger partial charge in [0.05, 0.1) is 6.21 Å². The maximum atomic E-state index is 5.17. The van der Waals surface area contributed by atoms with E-state index >= 15 is 0 Å². The van der Waals surface area contributed by atoms with Crippen LogP contribution in [0, 0.1) is 0 Å². The van der Waals surface area contributed by atoms with Gasteiger partial charge in [0.25, 0.3) is 0 Å². The maximum absolute atomic E-state index is 5.17. The van der Waals surface area contributed by atoms with Gasteiger partial charge in [-0.3, -0.25) is 10.4 Å². The van der Waals surface area contributed by atoms with E-state index in [1.807, 2.05) is 6.07 Å². The molecular formula is C7H7BrN4S. The summed E-state index contributed by atoms with van der Waals surface area (Å²) in [5, 5.41) is 3.92. The Hall–Kier alpha value is -1.01. The lowest BCUT2D eigenvalue weighted by atomic mass is 10.3. The third-order valence-corrected chi connectivity index (χ3v) is 1.64. The molecule has 0 atom stereocenters. The molecule has 1 aromatic rings. The standard InChI is InChI=1S/C7H7BrN4S/c8-6-1-5(2-10-4-6)3-11-12-7(9)13/h1-4H,(H3,9,12,13)/b11-3+. The number of nitrogens with zero attached hydrogens (tertiary/aromatic N) is 2. The number of pyridine rings is 1. The molecule has 0 aliphatic heterocycles. The summed E-state index contributed by atoms with van der Waals surface area (Å²) in [6, 6.07) is 1.87. The van der Waals surface area contributed by atoms with E-state index in [0.29, 0.717) is 0 Å². The van der Waals surface area contributed by atoms with Crippen LogP contribution in [0.1, 0.15) is 5.56 Å². The first-order chi connectivity index (χ1) is 6.18. The van der Waals surface area contributed by atoms with E-state index in [0.717, 1.165) is 10.0 Å². The van der Waals surface area contributed by atoms with Gasteiger partial charge in [-0.15, -0.1) is 0 Å². The van der Waals surface area contributed by atoms with Crippen LogP contribution in [0.2, 0.25) is 0 Å². The Balaban J connectivity index is 2.63. The zero-order valence-corrected chi connectivity index (χ0v) is 8.97. The van der Waals surface area contributed by atoms with Crippen molar-refractivity contribution in [1.82, 2.24) is 10.4 Å². The second kappa shape index (κ2) is 4.88. The maximum Gasteiger partial charge on any atom is 0.184 e. The molecule has 0 aliphatic carbocycles. The monoisotopic (exact) mass is 258 g/mol. The molecule has 0 aromatic carbocycles. The fraction of sp³-hybridized carbons (Fsp3) is 0. The molecule has 1 rings (SSSR count). The van der Waals surface area contributed by atoms with E-state index in [-0.39, 0.29) is 5.11 Å². The molecule has 0 radical (unpaired) electrons. The lowest BCUT2D eigenvalue weighted by Gasteiger charge is -1.94. The Morgan fingerprint density at radius 2 is 2.46 bits per heavy atom. The first-order valence-corrected chi connectivity index (χ1v) is 4.57. The summed E-state index contributed by atoms with van der Waals surface area (Å²) in [6.07, 6.45) is 4.95. The average molecular weight is 259 g/mol. The van der Waals surface area contributed by atoms with E-state index < -0.39 is 0 Å². The Bertz CT molecular complexity index is 339. The van der Waals surface area contributed by atoms with Crippen molar-refractivity contribution in [2.75, 3.05) is 0 Å². The molecule has 0 fully saturated rings. The first-order valence-electron chi connectivity index (χ1n) is 3.37. The van der Waals surface area contributed by atoms with Crippen LogP contribution in [0.4, 0.5) is 0 Å². The fourth-order valence-electron chi connectivity index (χ4n) is 0.669. The Morgan fingerprint density at radius 1 is 1.69 bits per heavy atom. The van der Waals surface area contributed by atoms with Gasteiger partial charge in [-0.05, 0) is 34.2 Å². The molecule has 0 saturated heterocycles. The molecule has 3 N–H and O–H groups in total. The van der Waals surface area contributed by atoms with Crippen molar-refractivity contribution in [3.8, 4) is 0 Å². The van der Waals surface area contributed by atoms with Crippen molar-refractivity contribution in [1.29, 1.82) is 0 Å². The molecule has 13 heavy (non-hydrogen) atoms. The molecule has 1 aromatic heterocycles. The van der Waals surface area contributed by atoms with Crippen molar-refractivity contribution in [3.05, 3.63) is 28.5 Å². The number of hydrogen-bond donors (Lipinski definition) is 2. The number of nitrogens with two attached hydrogens (primary N) is 1. The highest BCUT2D eigenvalue weighted by Crippen LogP contribution is 2.07. The Labute approximate surface area is 89.4 Å². The third kappa shape index (κ3) is 3.95. The molecule has 6 heteroatoms. The van der Waals surface area contributed by atoms with Crippen molar-refractivity contribution >= 4 is 39.5 Å². The van der Waals surface area contributed by atoms with Crippen LogP contribution in [-0.4, -0.2) is 16.3 Å². The van der Waals surface area contributed by atoms with Crippen molar-refractivity contribution < 1.29 is 0 Å². The first kappa shape index (κ1) is 10.1. The number of hydrogen-bond acceptors (Lipinski definition) is 3. The van der Waals surface area contributed by atoms with Gasteiger partial charge in [-0.1, -0.05) is 0 Å². The van der Waals surface area contributed by atoms with Gasteiger partial charge in [0.1, 0.15) is 0 Å². The minimum Gasteiger partial charge on any atom is -0.375 e. The van der Waals surface area contributed by atoms with Gasteiger partial charge in [0.2, 0.25) is 0 Å². The summed E-state index contributed by atoms with van der Waals surface area (Å²) in [5.74, 6) is 0. The number of nitrogens with one attached hydrogen (secondary N) is 1. The van der Waals surface area contributed by atoms with Crippen LogP contribution in [0.5, 0.6) is 0 Å². The van der Waals surface area contributed by atoms with Gasteiger partial charge in [-0.25, -0.2) is 0 Å². The largest absolute Gasteiger partial charge is 0.375 e. The molecule has 0 bridgehead atoms. The number of rotatable bonds is 2. The van der Waals surface area contributed by atoms with Gasteiger partial charge in [0, 0.05) is 22.4 Å². The summed E-state index contributed by atoms with van der Waals surface area (Å²) in [4.78, 5) is 3.95. The molecule has 0 amide bonds.